The van der Waals surface area contributed by atoms with Gasteiger partial charge in [0.15, 0.2) is 18.1 Å². The lowest BCUT2D eigenvalue weighted by Gasteiger charge is -2.12. The Morgan fingerprint density at radius 2 is 1.88 bits per heavy atom. The van der Waals surface area contributed by atoms with E-state index < -0.39 is 0 Å². The minimum Gasteiger partial charge on any atom is -0.483 e. The van der Waals surface area contributed by atoms with E-state index >= 15 is 0 Å². The van der Waals surface area contributed by atoms with Gasteiger partial charge in [0.05, 0.1) is 6.21 Å². The molecule has 6 heteroatoms. The van der Waals surface area contributed by atoms with Gasteiger partial charge in [-0.25, -0.2) is 5.43 Å². The number of hydrogen-bond donors (Lipinski definition) is 1. The number of nitrogens with one attached hydrogen (secondary N) is 1. The summed E-state index contributed by atoms with van der Waals surface area (Å²) >= 11 is 0. The lowest BCUT2D eigenvalue weighted by molar-refractivity contribution is -0.123. The lowest BCUT2D eigenvalue weighted by Crippen LogP contribution is -2.25. The summed E-state index contributed by atoms with van der Waals surface area (Å²) in [7, 11) is 0. The number of rotatable bonds is 5. The number of hydrogen-bond acceptors (Lipinski definition) is 5. The van der Waals surface area contributed by atoms with Crippen LogP contribution in [-0.2, 0) is 4.79 Å². The topological polar surface area (TPSA) is 69.2 Å². The average molecular weight is 340 g/mol. The number of ether oxygens (including phenoxy) is 3. The van der Waals surface area contributed by atoms with Crippen LogP contribution in [0.15, 0.2) is 35.4 Å². The van der Waals surface area contributed by atoms with Crippen LogP contribution in [0.4, 0.5) is 0 Å². The number of benzene rings is 2. The van der Waals surface area contributed by atoms with Crippen LogP contribution < -0.4 is 19.6 Å². The molecule has 130 valence electrons. The van der Waals surface area contributed by atoms with Crippen molar-refractivity contribution in [2.24, 2.45) is 5.10 Å². The van der Waals surface area contributed by atoms with Crippen molar-refractivity contribution in [1.29, 1.82) is 0 Å². The molecule has 0 aromatic heterocycles. The average Bonchev–Trinajstić information content (AvgIpc) is 3.01. The van der Waals surface area contributed by atoms with Crippen molar-refractivity contribution in [1.82, 2.24) is 5.43 Å². The van der Waals surface area contributed by atoms with Gasteiger partial charge in [-0.1, -0.05) is 17.7 Å². The quantitative estimate of drug-likeness (QED) is 0.671. The summed E-state index contributed by atoms with van der Waals surface area (Å²) in [5.74, 6) is 1.79. The number of aryl methyl sites for hydroxylation is 3. The molecular weight excluding hydrogens is 320 g/mol. The number of carbonyl (C=O) groups is 1. The Labute approximate surface area is 146 Å². The first-order chi connectivity index (χ1) is 12.0. The number of amides is 1. The Balaban J connectivity index is 1.53. The molecule has 1 heterocycles. The van der Waals surface area contributed by atoms with E-state index in [4.69, 9.17) is 14.2 Å². The van der Waals surface area contributed by atoms with E-state index in [-0.39, 0.29) is 19.3 Å². The maximum Gasteiger partial charge on any atom is 0.277 e. The van der Waals surface area contributed by atoms with Crippen LogP contribution in [0.2, 0.25) is 0 Å². The molecule has 0 spiro atoms. The predicted molar refractivity (Wildman–Crippen MR) is 94.4 cm³/mol. The van der Waals surface area contributed by atoms with E-state index in [1.165, 1.54) is 5.56 Å². The van der Waals surface area contributed by atoms with E-state index in [9.17, 15) is 4.79 Å². The largest absolute Gasteiger partial charge is 0.483 e. The first kappa shape index (κ1) is 16.8. The molecule has 1 aliphatic rings. The van der Waals surface area contributed by atoms with Gasteiger partial charge in [-0.2, -0.15) is 5.10 Å². The van der Waals surface area contributed by atoms with Crippen LogP contribution in [0.5, 0.6) is 17.2 Å². The Morgan fingerprint density at radius 1 is 1.16 bits per heavy atom. The minimum atomic E-state index is -0.323. The molecule has 0 bridgehead atoms. The third-order valence-electron chi connectivity index (χ3n) is 3.75. The summed E-state index contributed by atoms with van der Waals surface area (Å²) in [5.41, 5.74) is 6.44. The second-order valence-electron chi connectivity index (χ2n) is 5.92. The normalized spacial score (nSPS) is 12.4. The maximum absolute atomic E-state index is 11.9. The van der Waals surface area contributed by atoms with Crippen LogP contribution in [0.1, 0.15) is 22.3 Å². The lowest BCUT2D eigenvalue weighted by atomic mass is 10.1. The molecule has 1 amide bonds. The molecule has 0 saturated heterocycles. The zero-order valence-electron chi connectivity index (χ0n) is 14.5. The fourth-order valence-electron chi connectivity index (χ4n) is 2.74. The molecule has 0 fully saturated rings. The highest BCUT2D eigenvalue weighted by Crippen LogP contribution is 2.32. The van der Waals surface area contributed by atoms with Crippen molar-refractivity contribution in [3.63, 3.8) is 0 Å². The van der Waals surface area contributed by atoms with Crippen LogP contribution >= 0.6 is 0 Å². The monoisotopic (exact) mass is 340 g/mol. The molecule has 0 aliphatic carbocycles. The van der Waals surface area contributed by atoms with Crippen LogP contribution in [0.3, 0.4) is 0 Å². The van der Waals surface area contributed by atoms with Crippen molar-refractivity contribution in [3.05, 3.63) is 52.6 Å². The van der Waals surface area contributed by atoms with E-state index in [1.54, 1.807) is 18.3 Å². The summed E-state index contributed by atoms with van der Waals surface area (Å²) in [5, 5.41) is 3.94. The van der Waals surface area contributed by atoms with Crippen LogP contribution in [-0.4, -0.2) is 25.5 Å². The Kier molecular flexibility index (Phi) is 4.88. The van der Waals surface area contributed by atoms with Gasteiger partial charge in [0, 0.05) is 0 Å². The SMILES string of the molecule is Cc1cc(C)c(OCC(=O)N/N=C\c2ccc3c(c2)OCO3)c(C)c1. The second kappa shape index (κ2) is 7.25. The highest BCUT2D eigenvalue weighted by molar-refractivity contribution is 5.83. The number of hydrazone groups is 1. The fourth-order valence-corrected chi connectivity index (χ4v) is 2.74. The molecular formula is C19H20N2O4. The Bertz CT molecular complexity index is 807. The molecule has 0 unspecified atom stereocenters. The van der Waals surface area contributed by atoms with E-state index in [0.717, 1.165) is 22.4 Å². The summed E-state index contributed by atoms with van der Waals surface area (Å²) in [6.45, 7) is 6.09. The molecule has 0 radical (unpaired) electrons. The summed E-state index contributed by atoms with van der Waals surface area (Å²) in [6, 6.07) is 9.49. The minimum absolute atomic E-state index is 0.0940. The molecule has 0 saturated carbocycles. The Morgan fingerprint density at radius 3 is 2.64 bits per heavy atom. The molecule has 6 nitrogen and oxygen atoms in total. The van der Waals surface area contributed by atoms with Gasteiger partial charge in [0.1, 0.15) is 5.75 Å². The molecule has 2 aromatic rings. The van der Waals surface area contributed by atoms with Crippen molar-refractivity contribution < 1.29 is 19.0 Å². The highest BCUT2D eigenvalue weighted by Gasteiger charge is 2.12. The maximum atomic E-state index is 11.9. The smallest absolute Gasteiger partial charge is 0.277 e. The Hall–Kier alpha value is -3.02. The van der Waals surface area contributed by atoms with Gasteiger partial charge >= 0.3 is 0 Å². The van der Waals surface area contributed by atoms with Crippen molar-refractivity contribution >= 4 is 12.1 Å². The second-order valence-corrected chi connectivity index (χ2v) is 5.92. The first-order valence-electron chi connectivity index (χ1n) is 7.95. The molecule has 3 rings (SSSR count). The third kappa shape index (κ3) is 4.09. The molecule has 1 aliphatic heterocycles. The van der Waals surface area contributed by atoms with Gasteiger partial charge < -0.3 is 14.2 Å². The third-order valence-corrected chi connectivity index (χ3v) is 3.75. The van der Waals surface area contributed by atoms with Crippen molar-refractivity contribution in [2.75, 3.05) is 13.4 Å². The summed E-state index contributed by atoms with van der Waals surface area (Å²) < 4.78 is 16.2. The van der Waals surface area contributed by atoms with Crippen molar-refractivity contribution in [3.8, 4) is 17.2 Å². The summed E-state index contributed by atoms with van der Waals surface area (Å²) in [4.78, 5) is 11.9. The predicted octanol–water partition coefficient (Wildman–Crippen LogP) is 2.87. The molecule has 0 atom stereocenters. The summed E-state index contributed by atoms with van der Waals surface area (Å²) in [6.07, 6.45) is 1.54. The molecule has 2 aromatic carbocycles. The van der Waals surface area contributed by atoms with E-state index in [1.807, 2.05) is 39.0 Å². The van der Waals surface area contributed by atoms with Gasteiger partial charge in [-0.15, -0.1) is 0 Å². The number of fused-ring (bicyclic) bond motifs is 1. The van der Waals surface area contributed by atoms with Crippen LogP contribution in [0, 0.1) is 20.8 Å². The highest BCUT2D eigenvalue weighted by atomic mass is 16.7. The first-order valence-corrected chi connectivity index (χ1v) is 7.95. The molecule has 25 heavy (non-hydrogen) atoms. The standard InChI is InChI=1S/C19H20N2O4/c1-12-6-13(2)19(14(3)7-12)23-10-18(22)21-20-9-15-4-5-16-17(8-15)25-11-24-16/h4-9H,10-11H2,1-3H3,(H,21,22)/b20-9-. The number of nitrogens with zero attached hydrogens (tertiary/aromatic N) is 1. The van der Waals surface area contributed by atoms with E-state index in [2.05, 4.69) is 10.5 Å². The zero-order chi connectivity index (χ0) is 17.8. The van der Waals surface area contributed by atoms with Crippen molar-refractivity contribution in [2.45, 2.75) is 20.8 Å². The van der Waals surface area contributed by atoms with Gasteiger partial charge in [-0.05, 0) is 55.7 Å². The number of carbonyl (C=O) groups excluding carboxylic acids is 1. The van der Waals surface area contributed by atoms with Crippen LogP contribution in [0.25, 0.3) is 0 Å². The molecule has 1 N–H and O–H groups in total. The fraction of sp³-hybridized carbons (Fsp3) is 0.263. The van der Waals surface area contributed by atoms with Gasteiger partial charge in [0.25, 0.3) is 5.91 Å². The van der Waals surface area contributed by atoms with E-state index in [0.29, 0.717) is 11.5 Å². The zero-order valence-corrected chi connectivity index (χ0v) is 14.5. The van der Waals surface area contributed by atoms with Gasteiger partial charge in [0.2, 0.25) is 6.79 Å². The van der Waals surface area contributed by atoms with Gasteiger partial charge in [-0.3, -0.25) is 4.79 Å².